The van der Waals surface area contributed by atoms with Crippen molar-refractivity contribution in [3.63, 3.8) is 0 Å². The van der Waals surface area contributed by atoms with Crippen LogP contribution in [0.15, 0.2) is 47.5 Å². The van der Waals surface area contributed by atoms with E-state index in [1.54, 1.807) is 36.5 Å². The second kappa shape index (κ2) is 11.4. The van der Waals surface area contributed by atoms with Crippen LogP contribution in [0.3, 0.4) is 0 Å². The molecule has 1 N–H and O–H groups in total. The summed E-state index contributed by atoms with van der Waals surface area (Å²) in [4.78, 5) is 15.2. The van der Waals surface area contributed by atoms with Crippen LogP contribution in [0.1, 0.15) is 61.4 Å². The van der Waals surface area contributed by atoms with Gasteiger partial charge in [-0.3, -0.25) is 4.99 Å². The van der Waals surface area contributed by atoms with Gasteiger partial charge in [-0.05, 0) is 42.3 Å². The number of nitrogens with zero attached hydrogens (tertiary/aromatic N) is 1. The first kappa shape index (κ1) is 21.0. The van der Waals surface area contributed by atoms with Crippen molar-refractivity contribution < 1.29 is 14.6 Å². The number of benzene rings is 2. The van der Waals surface area contributed by atoms with Crippen LogP contribution in [0.2, 0.25) is 5.02 Å². The van der Waals surface area contributed by atoms with Crippen LogP contribution in [-0.2, 0) is 0 Å². The molecule has 0 bridgehead atoms. The van der Waals surface area contributed by atoms with Gasteiger partial charge < -0.3 is 9.84 Å². The summed E-state index contributed by atoms with van der Waals surface area (Å²) in [6.07, 6.45) is 9.00. The Labute approximate surface area is 165 Å². The maximum atomic E-state index is 10.9. The standard InChI is InChI=1S/C22H26ClNO3/c1-2-3-4-5-6-7-14-27-21-13-12-19(15-20(21)23)24-16-17-8-10-18(11-9-17)22(25)26/h8-13,15-16H,2-7,14H2,1H3,(H,25,26). The minimum absolute atomic E-state index is 0.252. The first-order valence-corrected chi connectivity index (χ1v) is 9.77. The number of carboxylic acid groups (broad SMARTS) is 1. The van der Waals surface area contributed by atoms with E-state index in [1.165, 1.54) is 32.1 Å². The summed E-state index contributed by atoms with van der Waals surface area (Å²) in [6.45, 7) is 2.89. The van der Waals surface area contributed by atoms with E-state index in [4.69, 9.17) is 21.4 Å². The smallest absolute Gasteiger partial charge is 0.335 e. The van der Waals surface area contributed by atoms with Crippen LogP contribution in [0.5, 0.6) is 5.75 Å². The largest absolute Gasteiger partial charge is 0.492 e. The average molecular weight is 388 g/mol. The van der Waals surface area contributed by atoms with Gasteiger partial charge in [0.25, 0.3) is 0 Å². The third kappa shape index (κ3) is 7.43. The predicted molar refractivity (Wildman–Crippen MR) is 111 cm³/mol. The molecule has 0 atom stereocenters. The Kier molecular flexibility index (Phi) is 8.85. The molecule has 0 aliphatic rings. The molecule has 0 amide bonds. The predicted octanol–water partition coefficient (Wildman–Crippen LogP) is 6.53. The van der Waals surface area contributed by atoms with Gasteiger partial charge in [0.2, 0.25) is 0 Å². The summed E-state index contributed by atoms with van der Waals surface area (Å²) in [5, 5.41) is 9.44. The monoisotopic (exact) mass is 387 g/mol. The summed E-state index contributed by atoms with van der Waals surface area (Å²) >= 11 is 6.28. The maximum Gasteiger partial charge on any atom is 0.335 e. The van der Waals surface area contributed by atoms with Gasteiger partial charge in [-0.25, -0.2) is 4.79 Å². The third-order valence-corrected chi connectivity index (χ3v) is 4.49. The van der Waals surface area contributed by atoms with Crippen molar-refractivity contribution >= 4 is 29.5 Å². The van der Waals surface area contributed by atoms with Crippen molar-refractivity contribution in [3.8, 4) is 5.75 Å². The molecular weight excluding hydrogens is 362 g/mol. The zero-order chi connectivity index (χ0) is 19.5. The van der Waals surface area contributed by atoms with Gasteiger partial charge in [-0.2, -0.15) is 0 Å². The molecule has 2 aromatic carbocycles. The van der Waals surface area contributed by atoms with E-state index in [9.17, 15) is 4.79 Å². The Hall–Kier alpha value is -2.33. The Balaban J connectivity index is 1.83. The van der Waals surface area contributed by atoms with Crippen LogP contribution in [0.25, 0.3) is 0 Å². The summed E-state index contributed by atoms with van der Waals surface area (Å²) in [7, 11) is 0. The number of carbonyl (C=O) groups is 1. The van der Waals surface area contributed by atoms with Crippen molar-refractivity contribution in [2.24, 2.45) is 4.99 Å². The minimum Gasteiger partial charge on any atom is -0.492 e. The molecule has 0 saturated heterocycles. The molecule has 4 nitrogen and oxygen atoms in total. The number of aromatic carboxylic acids is 1. The molecule has 2 rings (SSSR count). The maximum absolute atomic E-state index is 10.9. The van der Waals surface area contributed by atoms with Crippen molar-refractivity contribution in [1.82, 2.24) is 0 Å². The van der Waals surface area contributed by atoms with Gasteiger partial charge >= 0.3 is 5.97 Å². The van der Waals surface area contributed by atoms with Gasteiger partial charge in [-0.15, -0.1) is 0 Å². The highest BCUT2D eigenvalue weighted by Gasteiger charge is 2.03. The lowest BCUT2D eigenvalue weighted by atomic mass is 10.1. The van der Waals surface area contributed by atoms with Crippen LogP contribution < -0.4 is 4.74 Å². The summed E-state index contributed by atoms with van der Waals surface area (Å²) in [5.74, 6) is -0.267. The Morgan fingerprint density at radius 2 is 1.78 bits per heavy atom. The molecule has 0 aliphatic heterocycles. The molecule has 0 radical (unpaired) electrons. The van der Waals surface area contributed by atoms with Gasteiger partial charge in [0.15, 0.2) is 0 Å². The second-order valence-electron chi connectivity index (χ2n) is 6.42. The fourth-order valence-electron chi connectivity index (χ4n) is 2.61. The molecule has 0 unspecified atom stereocenters. The van der Waals surface area contributed by atoms with Crippen molar-refractivity contribution in [3.05, 3.63) is 58.6 Å². The molecule has 0 aliphatic carbocycles. The number of ether oxygens (including phenoxy) is 1. The lowest BCUT2D eigenvalue weighted by Crippen LogP contribution is -1.97. The summed E-state index contributed by atoms with van der Waals surface area (Å²) in [6, 6.07) is 12.0. The lowest BCUT2D eigenvalue weighted by molar-refractivity contribution is 0.0697. The summed E-state index contributed by atoms with van der Waals surface area (Å²) in [5.41, 5.74) is 1.79. The second-order valence-corrected chi connectivity index (χ2v) is 6.82. The first-order valence-electron chi connectivity index (χ1n) is 9.40. The van der Waals surface area contributed by atoms with Crippen molar-refractivity contribution in [2.45, 2.75) is 45.4 Å². The number of hydrogen-bond acceptors (Lipinski definition) is 3. The van der Waals surface area contributed by atoms with Crippen LogP contribution in [0.4, 0.5) is 5.69 Å². The number of hydrogen-bond donors (Lipinski definition) is 1. The van der Waals surface area contributed by atoms with Crippen molar-refractivity contribution in [2.75, 3.05) is 6.61 Å². The average Bonchev–Trinajstić information content (AvgIpc) is 2.67. The molecule has 0 aromatic heterocycles. The number of halogens is 1. The molecule has 0 heterocycles. The van der Waals surface area contributed by atoms with Gasteiger partial charge in [-0.1, -0.05) is 62.8 Å². The normalized spacial score (nSPS) is 11.0. The highest BCUT2D eigenvalue weighted by molar-refractivity contribution is 6.32. The fraction of sp³-hybridized carbons (Fsp3) is 0.364. The Morgan fingerprint density at radius 1 is 1.07 bits per heavy atom. The number of rotatable bonds is 11. The highest BCUT2D eigenvalue weighted by Crippen LogP contribution is 2.29. The van der Waals surface area contributed by atoms with E-state index in [1.807, 2.05) is 12.1 Å². The van der Waals surface area contributed by atoms with E-state index in [0.717, 1.165) is 12.0 Å². The Bertz CT molecular complexity index is 757. The molecule has 2 aromatic rings. The molecule has 144 valence electrons. The Morgan fingerprint density at radius 3 is 2.44 bits per heavy atom. The zero-order valence-corrected chi connectivity index (χ0v) is 16.4. The third-order valence-electron chi connectivity index (χ3n) is 4.19. The lowest BCUT2D eigenvalue weighted by Gasteiger charge is -2.08. The first-order chi connectivity index (χ1) is 13.1. The molecule has 0 fully saturated rings. The highest BCUT2D eigenvalue weighted by atomic mass is 35.5. The van der Waals surface area contributed by atoms with Crippen molar-refractivity contribution in [1.29, 1.82) is 0 Å². The molecule has 27 heavy (non-hydrogen) atoms. The van der Waals surface area contributed by atoms with Crippen LogP contribution >= 0.6 is 11.6 Å². The van der Waals surface area contributed by atoms with E-state index in [-0.39, 0.29) is 5.56 Å². The van der Waals surface area contributed by atoms with Crippen LogP contribution in [0, 0.1) is 0 Å². The van der Waals surface area contributed by atoms with E-state index in [0.29, 0.717) is 23.1 Å². The number of aliphatic imine (C=N–C) groups is 1. The molecule has 0 saturated carbocycles. The van der Waals surface area contributed by atoms with E-state index >= 15 is 0 Å². The number of carboxylic acids is 1. The summed E-state index contributed by atoms with van der Waals surface area (Å²) < 4.78 is 5.76. The van der Waals surface area contributed by atoms with E-state index < -0.39 is 5.97 Å². The quantitative estimate of drug-likeness (QED) is 0.352. The molecule has 0 spiro atoms. The van der Waals surface area contributed by atoms with Gasteiger partial charge in [0, 0.05) is 6.21 Å². The molecular formula is C22H26ClNO3. The SMILES string of the molecule is CCCCCCCCOc1ccc(N=Cc2ccc(C(=O)O)cc2)cc1Cl. The minimum atomic E-state index is -0.943. The number of unbranched alkanes of at least 4 members (excludes halogenated alkanes) is 5. The van der Waals surface area contributed by atoms with Gasteiger partial charge in [0.05, 0.1) is 22.9 Å². The topological polar surface area (TPSA) is 58.9 Å². The zero-order valence-electron chi connectivity index (χ0n) is 15.7. The molecule has 5 heteroatoms. The van der Waals surface area contributed by atoms with Gasteiger partial charge in [0.1, 0.15) is 5.75 Å². The fourth-order valence-corrected chi connectivity index (χ4v) is 2.84. The van der Waals surface area contributed by atoms with E-state index in [2.05, 4.69) is 11.9 Å². The van der Waals surface area contributed by atoms with Crippen LogP contribution in [-0.4, -0.2) is 23.9 Å².